The highest BCUT2D eigenvalue weighted by Crippen LogP contribution is 2.34. The van der Waals surface area contributed by atoms with Gasteiger partial charge >= 0.3 is 11.9 Å². The second-order valence-corrected chi connectivity index (χ2v) is 7.71. The van der Waals surface area contributed by atoms with Gasteiger partial charge in [-0.2, -0.15) is 8.78 Å². The fourth-order valence-electron chi connectivity index (χ4n) is 3.40. The van der Waals surface area contributed by atoms with Crippen LogP contribution in [0.25, 0.3) is 0 Å². The van der Waals surface area contributed by atoms with Gasteiger partial charge in [0.25, 0.3) is 5.91 Å². The van der Waals surface area contributed by atoms with Crippen LogP contribution in [0.1, 0.15) is 71.6 Å². The first-order valence-electron chi connectivity index (χ1n) is 10.3. The zero-order valence-corrected chi connectivity index (χ0v) is 17.3. The van der Waals surface area contributed by atoms with Crippen LogP contribution in [-0.2, 0) is 14.3 Å². The van der Waals surface area contributed by atoms with E-state index in [1.807, 2.05) is 6.92 Å². The van der Waals surface area contributed by atoms with E-state index >= 15 is 0 Å². The number of likely N-dealkylation sites (tertiary alicyclic amines) is 1. The van der Waals surface area contributed by atoms with E-state index in [0.29, 0.717) is 19.3 Å². The summed E-state index contributed by atoms with van der Waals surface area (Å²) in [5, 5.41) is 10.2. The topological polar surface area (TPSA) is 66.8 Å². The molecule has 1 saturated heterocycles. The summed E-state index contributed by atoms with van der Waals surface area (Å²) in [6.07, 6.45) is 7.95. The number of rotatable bonds is 13. The number of unbranched alkanes of at least 4 members (excludes halogenated alkanes) is 4. The number of hydrogen-bond donors (Lipinski definition) is 1. The molecule has 0 spiro atoms. The Morgan fingerprint density at radius 2 is 2.00 bits per heavy atom. The molecule has 1 heterocycles. The third kappa shape index (κ3) is 7.86. The van der Waals surface area contributed by atoms with Gasteiger partial charge in [0, 0.05) is 19.4 Å². The summed E-state index contributed by atoms with van der Waals surface area (Å²) in [6, 6.07) is -0.689. The first-order chi connectivity index (χ1) is 13.2. The number of carbonyl (C=O) groups is 2. The van der Waals surface area contributed by atoms with E-state index in [1.165, 1.54) is 12.0 Å². The van der Waals surface area contributed by atoms with Gasteiger partial charge in [0.2, 0.25) is 0 Å². The fourth-order valence-corrected chi connectivity index (χ4v) is 3.40. The van der Waals surface area contributed by atoms with Crippen molar-refractivity contribution < 1.29 is 28.2 Å². The minimum atomic E-state index is -3.35. The summed E-state index contributed by atoms with van der Waals surface area (Å²) >= 11 is 0. The minimum Gasteiger partial charge on any atom is -0.469 e. The highest BCUT2D eigenvalue weighted by Gasteiger charge is 2.52. The van der Waals surface area contributed by atoms with Gasteiger partial charge in [0.1, 0.15) is 0 Å². The fraction of sp³-hybridized carbons (Fsp3) is 0.810. The maximum atomic E-state index is 13.9. The van der Waals surface area contributed by atoms with Crippen molar-refractivity contribution in [1.29, 1.82) is 0 Å². The summed E-state index contributed by atoms with van der Waals surface area (Å²) in [5.74, 6) is -4.69. The number of aliphatic hydroxyl groups excluding tert-OH is 1. The predicted octanol–water partition coefficient (Wildman–Crippen LogP) is 4.09. The van der Waals surface area contributed by atoms with Gasteiger partial charge in [0.05, 0.1) is 19.3 Å². The van der Waals surface area contributed by atoms with Crippen LogP contribution in [0.15, 0.2) is 12.2 Å². The highest BCUT2D eigenvalue weighted by molar-refractivity contribution is 5.86. The van der Waals surface area contributed by atoms with E-state index in [9.17, 15) is 23.5 Å². The Kier molecular flexibility index (Phi) is 10.6. The highest BCUT2D eigenvalue weighted by atomic mass is 19.3. The Labute approximate surface area is 167 Å². The van der Waals surface area contributed by atoms with Crippen molar-refractivity contribution in [2.75, 3.05) is 13.7 Å². The molecule has 7 heteroatoms. The lowest BCUT2D eigenvalue weighted by atomic mass is 9.97. The van der Waals surface area contributed by atoms with E-state index in [-0.39, 0.29) is 18.4 Å². The van der Waals surface area contributed by atoms with Crippen molar-refractivity contribution in [3.63, 3.8) is 0 Å². The van der Waals surface area contributed by atoms with E-state index in [4.69, 9.17) is 0 Å². The van der Waals surface area contributed by atoms with Crippen LogP contribution in [0, 0.1) is 5.92 Å². The second kappa shape index (κ2) is 12.1. The van der Waals surface area contributed by atoms with Crippen molar-refractivity contribution in [3.05, 3.63) is 12.2 Å². The maximum absolute atomic E-state index is 13.9. The number of halogens is 2. The van der Waals surface area contributed by atoms with E-state index < -0.39 is 30.4 Å². The molecule has 162 valence electrons. The average molecular weight is 404 g/mol. The number of methoxy groups -OCH3 is 1. The third-order valence-corrected chi connectivity index (χ3v) is 5.32. The van der Waals surface area contributed by atoms with E-state index in [2.05, 4.69) is 11.7 Å². The quantitative estimate of drug-likeness (QED) is 0.286. The molecule has 0 unspecified atom stereocenters. The number of ether oxygens (including phenoxy) is 1. The lowest BCUT2D eigenvalue weighted by molar-refractivity contribution is -0.148. The summed E-state index contributed by atoms with van der Waals surface area (Å²) in [5.41, 5.74) is 0. The summed E-state index contributed by atoms with van der Waals surface area (Å²) < 4.78 is 32.4. The van der Waals surface area contributed by atoms with Crippen LogP contribution < -0.4 is 0 Å². The van der Waals surface area contributed by atoms with Gasteiger partial charge in [-0.3, -0.25) is 9.59 Å². The molecule has 0 bridgehead atoms. The molecule has 0 aromatic rings. The Bertz CT molecular complexity index is 525. The molecular formula is C21H35F2NO4. The molecule has 0 radical (unpaired) electrons. The van der Waals surface area contributed by atoms with E-state index in [0.717, 1.165) is 32.1 Å². The molecule has 1 rings (SSSR count). The predicted molar refractivity (Wildman–Crippen MR) is 104 cm³/mol. The number of esters is 1. The second-order valence-electron chi connectivity index (χ2n) is 7.71. The SMILES string of the molecule is CCCC[C@H](C)[C@H](O)/C=C/[C@H]1CC(F)(F)C(=O)N1CCCCCCC(=O)OC. The van der Waals surface area contributed by atoms with E-state index in [1.54, 1.807) is 12.2 Å². The van der Waals surface area contributed by atoms with Gasteiger partial charge in [-0.25, -0.2) is 0 Å². The molecule has 1 amide bonds. The lowest BCUT2D eigenvalue weighted by Crippen LogP contribution is -2.36. The molecular weight excluding hydrogens is 368 g/mol. The van der Waals surface area contributed by atoms with Crippen molar-refractivity contribution in [3.8, 4) is 0 Å². The third-order valence-electron chi connectivity index (χ3n) is 5.32. The maximum Gasteiger partial charge on any atom is 0.327 e. The van der Waals surface area contributed by atoms with Crippen LogP contribution >= 0.6 is 0 Å². The summed E-state index contributed by atoms with van der Waals surface area (Å²) in [6.45, 7) is 4.27. The molecule has 0 aliphatic carbocycles. The van der Waals surface area contributed by atoms with Gasteiger partial charge in [0.15, 0.2) is 0 Å². The van der Waals surface area contributed by atoms with Gasteiger partial charge in [-0.05, 0) is 25.2 Å². The lowest BCUT2D eigenvalue weighted by Gasteiger charge is -2.22. The van der Waals surface area contributed by atoms with Crippen LogP contribution in [0.2, 0.25) is 0 Å². The first kappa shape index (κ1) is 24.5. The standard InChI is InChI=1S/C21H35F2NO4/c1-4-5-10-16(2)18(25)13-12-17-15-21(22,23)20(27)24(17)14-9-7-6-8-11-19(26)28-3/h12-13,16-18,25H,4-11,14-15H2,1-3H3/b13-12+/t16-,17-,18+/m0/s1. The molecule has 5 nitrogen and oxygen atoms in total. The van der Waals surface area contributed by atoms with Crippen molar-refractivity contribution >= 4 is 11.9 Å². The molecule has 1 aliphatic heterocycles. The minimum absolute atomic E-state index is 0.0528. The Morgan fingerprint density at radius 1 is 1.32 bits per heavy atom. The normalized spacial score (nSPS) is 21.3. The first-order valence-corrected chi connectivity index (χ1v) is 10.3. The molecule has 0 saturated carbocycles. The number of aliphatic hydroxyl groups is 1. The monoisotopic (exact) mass is 403 g/mol. The Morgan fingerprint density at radius 3 is 2.64 bits per heavy atom. The Balaban J connectivity index is 2.52. The van der Waals surface area contributed by atoms with Crippen LogP contribution in [-0.4, -0.2) is 53.6 Å². The number of nitrogens with zero attached hydrogens (tertiary/aromatic N) is 1. The average Bonchev–Trinajstić information content (AvgIpc) is 2.89. The van der Waals surface area contributed by atoms with Crippen molar-refractivity contribution in [2.45, 2.75) is 89.7 Å². The molecule has 1 aliphatic rings. The van der Waals surface area contributed by atoms with Gasteiger partial charge in [-0.15, -0.1) is 0 Å². The molecule has 0 aromatic carbocycles. The van der Waals surface area contributed by atoms with Crippen LogP contribution in [0.4, 0.5) is 8.78 Å². The van der Waals surface area contributed by atoms with Gasteiger partial charge in [-0.1, -0.05) is 51.7 Å². The van der Waals surface area contributed by atoms with Crippen LogP contribution in [0.5, 0.6) is 0 Å². The summed E-state index contributed by atoms with van der Waals surface area (Å²) in [4.78, 5) is 24.3. The molecule has 28 heavy (non-hydrogen) atoms. The largest absolute Gasteiger partial charge is 0.469 e. The number of hydrogen-bond acceptors (Lipinski definition) is 4. The molecule has 3 atom stereocenters. The molecule has 0 aromatic heterocycles. The number of amides is 1. The number of carbonyl (C=O) groups excluding carboxylic acids is 2. The number of alkyl halides is 2. The summed E-state index contributed by atoms with van der Waals surface area (Å²) in [7, 11) is 1.34. The smallest absolute Gasteiger partial charge is 0.327 e. The molecule has 1 fully saturated rings. The van der Waals surface area contributed by atoms with Crippen molar-refractivity contribution in [2.24, 2.45) is 5.92 Å². The molecule has 1 N–H and O–H groups in total. The van der Waals surface area contributed by atoms with Gasteiger partial charge < -0.3 is 14.7 Å². The Hall–Kier alpha value is -1.50. The van der Waals surface area contributed by atoms with Crippen LogP contribution in [0.3, 0.4) is 0 Å². The van der Waals surface area contributed by atoms with Crippen molar-refractivity contribution in [1.82, 2.24) is 4.90 Å². The zero-order valence-electron chi connectivity index (χ0n) is 17.3. The zero-order chi connectivity index (χ0) is 21.2.